The molecule has 4 rings (SSSR count). The molecule has 0 aliphatic heterocycles. The van der Waals surface area contributed by atoms with E-state index in [2.05, 4.69) is 38.2 Å². The van der Waals surface area contributed by atoms with Gasteiger partial charge in [-0.1, -0.05) is 17.7 Å². The van der Waals surface area contributed by atoms with E-state index < -0.39 is 23.7 Å². The van der Waals surface area contributed by atoms with Crippen molar-refractivity contribution in [2.24, 2.45) is 5.41 Å². The average Bonchev–Trinajstić information content (AvgIpc) is 2.34. The summed E-state index contributed by atoms with van der Waals surface area (Å²) in [4.78, 5) is 23.9. The fraction of sp³-hybridized carbons (Fsp3) is 0.619. The van der Waals surface area contributed by atoms with Gasteiger partial charge in [0, 0.05) is 5.41 Å². The number of benzene rings is 1. The Bertz CT molecular complexity index is 732. The van der Waals surface area contributed by atoms with E-state index in [0.29, 0.717) is 0 Å². The number of carbonyl (C=O) groups excluding carboxylic acids is 1. The van der Waals surface area contributed by atoms with Crippen molar-refractivity contribution in [2.75, 3.05) is 0 Å². The molecule has 3 aliphatic rings. The molecule has 0 aromatic heterocycles. The summed E-state index contributed by atoms with van der Waals surface area (Å²) in [5.74, 6) is -0.985. The third-order valence-electron chi connectivity index (χ3n) is 5.80. The molecule has 3 aliphatic carbocycles. The second kappa shape index (κ2) is 5.73. The SMILES string of the molecule is Cc1cc(C)c(C23CC(C(NC(=O)OC(C)(C)C)C(=O)O)(C2)C3)c(C)c1. The average molecular weight is 359 g/mol. The van der Waals surface area contributed by atoms with E-state index in [4.69, 9.17) is 4.74 Å². The van der Waals surface area contributed by atoms with Crippen LogP contribution in [0.25, 0.3) is 0 Å². The van der Waals surface area contributed by atoms with E-state index in [1.165, 1.54) is 22.3 Å². The van der Waals surface area contributed by atoms with Crippen molar-refractivity contribution in [2.45, 2.75) is 77.9 Å². The van der Waals surface area contributed by atoms with Crippen LogP contribution in [0.4, 0.5) is 4.79 Å². The van der Waals surface area contributed by atoms with Crippen LogP contribution in [0.5, 0.6) is 0 Å². The molecule has 2 N–H and O–H groups in total. The van der Waals surface area contributed by atoms with Crippen molar-refractivity contribution in [1.29, 1.82) is 0 Å². The van der Waals surface area contributed by atoms with Crippen LogP contribution in [0.1, 0.15) is 62.3 Å². The lowest BCUT2D eigenvalue weighted by Crippen LogP contribution is -2.74. The Morgan fingerprint density at radius 3 is 2.04 bits per heavy atom. The number of aryl methyl sites for hydroxylation is 3. The molecular formula is C21H29NO4. The summed E-state index contributed by atoms with van der Waals surface area (Å²) in [6.45, 7) is 11.7. The second-order valence-electron chi connectivity index (χ2n) is 9.36. The Hall–Kier alpha value is -2.04. The van der Waals surface area contributed by atoms with Crippen molar-refractivity contribution in [3.63, 3.8) is 0 Å². The highest BCUT2D eigenvalue weighted by molar-refractivity contribution is 5.82. The first-order valence-corrected chi connectivity index (χ1v) is 9.18. The normalized spacial score (nSPS) is 27.8. The quantitative estimate of drug-likeness (QED) is 0.852. The zero-order chi connectivity index (χ0) is 19.5. The number of rotatable bonds is 4. The minimum atomic E-state index is -0.985. The van der Waals surface area contributed by atoms with Gasteiger partial charge in [-0.15, -0.1) is 0 Å². The molecule has 3 saturated carbocycles. The van der Waals surface area contributed by atoms with Crippen molar-refractivity contribution in [3.8, 4) is 0 Å². The maximum absolute atomic E-state index is 12.1. The molecule has 142 valence electrons. The molecule has 1 aromatic carbocycles. The summed E-state index contributed by atoms with van der Waals surface area (Å²) in [5, 5.41) is 12.3. The zero-order valence-corrected chi connectivity index (χ0v) is 16.5. The Kier molecular flexibility index (Phi) is 4.13. The molecule has 5 heteroatoms. The summed E-state index contributed by atoms with van der Waals surface area (Å²) in [6.07, 6.45) is 1.75. The molecular weight excluding hydrogens is 330 g/mol. The molecule has 0 spiro atoms. The fourth-order valence-corrected chi connectivity index (χ4v) is 5.36. The summed E-state index contributed by atoms with van der Waals surface area (Å²) < 4.78 is 5.25. The lowest BCUT2D eigenvalue weighted by atomic mass is 9.31. The Balaban J connectivity index is 1.75. The number of carboxylic acids is 1. The topological polar surface area (TPSA) is 75.6 Å². The number of alkyl carbamates (subject to hydrolysis) is 1. The van der Waals surface area contributed by atoms with Gasteiger partial charge in [0.2, 0.25) is 0 Å². The van der Waals surface area contributed by atoms with Crippen LogP contribution in [0.15, 0.2) is 12.1 Å². The maximum Gasteiger partial charge on any atom is 0.408 e. The van der Waals surface area contributed by atoms with Gasteiger partial charge >= 0.3 is 12.1 Å². The summed E-state index contributed by atoms with van der Waals surface area (Å²) >= 11 is 0. The fourth-order valence-electron chi connectivity index (χ4n) is 5.36. The Labute approximate surface area is 155 Å². The first-order chi connectivity index (χ1) is 11.9. The van der Waals surface area contributed by atoms with Gasteiger partial charge in [0.1, 0.15) is 11.6 Å². The van der Waals surface area contributed by atoms with E-state index in [0.717, 1.165) is 19.3 Å². The molecule has 1 unspecified atom stereocenters. The van der Waals surface area contributed by atoms with Gasteiger partial charge in [-0.25, -0.2) is 9.59 Å². The first-order valence-electron chi connectivity index (χ1n) is 9.18. The predicted octanol–water partition coefficient (Wildman–Crippen LogP) is 4.01. The van der Waals surface area contributed by atoms with E-state index in [9.17, 15) is 14.7 Å². The van der Waals surface area contributed by atoms with Crippen molar-refractivity contribution in [1.82, 2.24) is 5.32 Å². The Morgan fingerprint density at radius 2 is 1.62 bits per heavy atom. The van der Waals surface area contributed by atoms with Crippen LogP contribution in [-0.2, 0) is 14.9 Å². The van der Waals surface area contributed by atoms with Crippen LogP contribution >= 0.6 is 0 Å². The molecule has 2 bridgehead atoms. The molecule has 5 nitrogen and oxygen atoms in total. The lowest BCUT2D eigenvalue weighted by Gasteiger charge is -2.73. The highest BCUT2D eigenvalue weighted by atomic mass is 16.6. The van der Waals surface area contributed by atoms with Crippen molar-refractivity contribution < 1.29 is 19.4 Å². The third kappa shape index (κ3) is 2.97. The van der Waals surface area contributed by atoms with Crippen LogP contribution < -0.4 is 5.32 Å². The lowest BCUT2D eigenvalue weighted by molar-refractivity contribution is -0.183. The molecule has 0 heterocycles. The van der Waals surface area contributed by atoms with Gasteiger partial charge in [0.15, 0.2) is 0 Å². The minimum absolute atomic E-state index is 0.0746. The largest absolute Gasteiger partial charge is 0.480 e. The molecule has 1 aromatic rings. The third-order valence-corrected chi connectivity index (χ3v) is 5.80. The standard InChI is InChI=1S/C21H29NO4/c1-12-7-13(2)15(14(3)8-12)20-9-21(10-20,11-20)16(17(23)24)22-18(25)26-19(4,5)6/h7-8,16H,9-11H2,1-6H3,(H,22,25)(H,23,24). The Morgan fingerprint density at radius 1 is 1.12 bits per heavy atom. The predicted molar refractivity (Wildman–Crippen MR) is 99.4 cm³/mol. The molecule has 3 fully saturated rings. The van der Waals surface area contributed by atoms with E-state index >= 15 is 0 Å². The highest BCUT2D eigenvalue weighted by Gasteiger charge is 2.73. The van der Waals surface area contributed by atoms with Crippen LogP contribution in [-0.4, -0.2) is 28.8 Å². The van der Waals surface area contributed by atoms with E-state index in [1.807, 2.05) is 0 Å². The van der Waals surface area contributed by atoms with E-state index in [-0.39, 0.29) is 10.8 Å². The van der Waals surface area contributed by atoms with Crippen LogP contribution in [0, 0.1) is 26.2 Å². The number of aliphatic carboxylic acids is 1. The number of ether oxygens (including phenoxy) is 1. The zero-order valence-electron chi connectivity index (χ0n) is 16.5. The van der Waals surface area contributed by atoms with Gasteiger partial charge < -0.3 is 15.2 Å². The second-order valence-corrected chi connectivity index (χ2v) is 9.36. The van der Waals surface area contributed by atoms with Crippen LogP contribution in [0.3, 0.4) is 0 Å². The number of amides is 1. The summed E-state index contributed by atoms with van der Waals surface area (Å²) in [6, 6.07) is 3.50. The highest BCUT2D eigenvalue weighted by Crippen LogP contribution is 2.75. The molecule has 0 saturated heterocycles. The molecule has 1 amide bonds. The number of nitrogens with one attached hydrogen (secondary N) is 1. The number of carboxylic acid groups (broad SMARTS) is 1. The maximum atomic E-state index is 12.1. The van der Waals surface area contributed by atoms with Crippen molar-refractivity contribution in [3.05, 3.63) is 34.4 Å². The van der Waals surface area contributed by atoms with Gasteiger partial charge in [-0.2, -0.15) is 0 Å². The smallest absolute Gasteiger partial charge is 0.408 e. The molecule has 26 heavy (non-hydrogen) atoms. The van der Waals surface area contributed by atoms with Crippen molar-refractivity contribution >= 4 is 12.1 Å². The van der Waals surface area contributed by atoms with Gasteiger partial charge in [0.25, 0.3) is 0 Å². The van der Waals surface area contributed by atoms with E-state index in [1.54, 1.807) is 20.8 Å². The minimum Gasteiger partial charge on any atom is -0.480 e. The summed E-state index contributed by atoms with van der Waals surface area (Å²) in [5.41, 5.74) is 4.25. The number of carbonyl (C=O) groups is 2. The van der Waals surface area contributed by atoms with Gasteiger partial charge in [0.05, 0.1) is 0 Å². The van der Waals surface area contributed by atoms with Gasteiger partial charge in [-0.3, -0.25) is 0 Å². The van der Waals surface area contributed by atoms with Gasteiger partial charge in [-0.05, 0) is 82.9 Å². The monoisotopic (exact) mass is 359 g/mol. The number of hydrogen-bond donors (Lipinski definition) is 2. The first kappa shape index (κ1) is 18.7. The molecule has 0 radical (unpaired) electrons. The molecule has 1 atom stereocenters. The van der Waals surface area contributed by atoms with Crippen LogP contribution in [0.2, 0.25) is 0 Å². The number of hydrogen-bond acceptors (Lipinski definition) is 3. The summed E-state index contributed by atoms with van der Waals surface area (Å²) in [7, 11) is 0.